The van der Waals surface area contributed by atoms with Crippen molar-refractivity contribution >= 4 is 32.9 Å². The molecule has 2 rings (SSSR count). The van der Waals surface area contributed by atoms with E-state index in [1.807, 2.05) is 6.92 Å². The van der Waals surface area contributed by atoms with Crippen LogP contribution in [0.2, 0.25) is 0 Å². The van der Waals surface area contributed by atoms with Crippen LogP contribution < -0.4 is 10.4 Å². The van der Waals surface area contributed by atoms with Gasteiger partial charge in [-0.05, 0) is 28.4 Å². The maximum atomic E-state index is 12.4. The third-order valence-corrected chi connectivity index (χ3v) is 3.46. The van der Waals surface area contributed by atoms with E-state index in [2.05, 4.69) is 25.7 Å². The molecule has 0 unspecified atom stereocenters. The molecular weight excluding hydrogens is 356 g/mol. The molecule has 2 aromatic heterocycles. The third-order valence-electron chi connectivity index (χ3n) is 3.02. The Kier molecular flexibility index (Phi) is 5.02. The Morgan fingerprint density at radius 2 is 2.23 bits per heavy atom. The van der Waals surface area contributed by atoms with Crippen molar-refractivity contribution in [1.29, 1.82) is 0 Å². The Labute approximate surface area is 134 Å². The largest absolute Gasteiger partial charge is 0.506 e. The van der Waals surface area contributed by atoms with Crippen molar-refractivity contribution in [3.8, 4) is 5.75 Å². The predicted octanol–water partition coefficient (Wildman–Crippen LogP) is 1.88. The number of unbranched alkanes of at least 4 members (excludes halogenated alkanes) is 1. The standard InChI is InChI=1S/C14H15BrN2O5/c1-3-4-5-22-17-12-9(6-8(15)7-16-12)11(18)10(13(17)19)14(20)21-2/h6-7,18H,3-5H2,1-2H3. The average molecular weight is 371 g/mol. The van der Waals surface area contributed by atoms with E-state index in [1.54, 1.807) is 6.07 Å². The number of hydrogen-bond donors (Lipinski definition) is 1. The monoisotopic (exact) mass is 370 g/mol. The van der Waals surface area contributed by atoms with Gasteiger partial charge >= 0.3 is 11.5 Å². The van der Waals surface area contributed by atoms with E-state index >= 15 is 0 Å². The number of carbonyl (C=O) groups is 1. The number of pyridine rings is 2. The lowest BCUT2D eigenvalue weighted by Crippen LogP contribution is -2.33. The quantitative estimate of drug-likeness (QED) is 0.638. The first kappa shape index (κ1) is 16.3. The highest BCUT2D eigenvalue weighted by Crippen LogP contribution is 2.27. The molecule has 0 amide bonds. The van der Waals surface area contributed by atoms with Gasteiger partial charge in [-0.25, -0.2) is 9.78 Å². The van der Waals surface area contributed by atoms with Gasteiger partial charge < -0.3 is 14.7 Å². The minimum atomic E-state index is -0.933. The molecule has 0 spiro atoms. The molecule has 0 fully saturated rings. The summed E-state index contributed by atoms with van der Waals surface area (Å²) < 4.78 is 6.07. The van der Waals surface area contributed by atoms with Gasteiger partial charge in [0.1, 0.15) is 12.4 Å². The van der Waals surface area contributed by atoms with Crippen LogP contribution in [-0.2, 0) is 4.74 Å². The Morgan fingerprint density at radius 3 is 2.86 bits per heavy atom. The van der Waals surface area contributed by atoms with Crippen LogP contribution in [0.4, 0.5) is 0 Å². The van der Waals surface area contributed by atoms with E-state index in [0.717, 1.165) is 24.7 Å². The average Bonchev–Trinajstić information content (AvgIpc) is 2.50. The maximum Gasteiger partial charge on any atom is 0.347 e. The zero-order valence-corrected chi connectivity index (χ0v) is 13.7. The van der Waals surface area contributed by atoms with Crippen LogP contribution in [0.1, 0.15) is 30.1 Å². The minimum Gasteiger partial charge on any atom is -0.506 e. The van der Waals surface area contributed by atoms with Crippen molar-refractivity contribution in [3.63, 3.8) is 0 Å². The Bertz CT molecular complexity index is 772. The molecule has 2 heterocycles. The predicted molar refractivity (Wildman–Crippen MR) is 83.1 cm³/mol. The summed E-state index contributed by atoms with van der Waals surface area (Å²) in [4.78, 5) is 33.7. The lowest BCUT2D eigenvalue weighted by Gasteiger charge is -2.13. The number of fused-ring (bicyclic) bond motifs is 1. The second-order valence-electron chi connectivity index (χ2n) is 4.53. The van der Waals surface area contributed by atoms with Crippen LogP contribution in [0.3, 0.4) is 0 Å². The number of carbonyl (C=O) groups excluding carboxylic acids is 1. The smallest absolute Gasteiger partial charge is 0.347 e. The van der Waals surface area contributed by atoms with Crippen LogP contribution in [0.25, 0.3) is 11.0 Å². The number of hydrogen-bond acceptors (Lipinski definition) is 6. The molecule has 2 aromatic rings. The van der Waals surface area contributed by atoms with E-state index in [4.69, 9.17) is 4.84 Å². The van der Waals surface area contributed by atoms with Crippen LogP contribution in [-0.4, -0.2) is 34.5 Å². The third kappa shape index (κ3) is 2.92. The zero-order valence-electron chi connectivity index (χ0n) is 12.1. The van der Waals surface area contributed by atoms with Gasteiger partial charge in [-0.1, -0.05) is 13.3 Å². The highest BCUT2D eigenvalue weighted by Gasteiger charge is 2.24. The maximum absolute atomic E-state index is 12.4. The van der Waals surface area contributed by atoms with E-state index in [1.165, 1.54) is 6.20 Å². The number of halogens is 1. The van der Waals surface area contributed by atoms with Crippen molar-refractivity contribution in [2.24, 2.45) is 0 Å². The minimum absolute atomic E-state index is 0.134. The molecule has 0 aliphatic heterocycles. The summed E-state index contributed by atoms with van der Waals surface area (Å²) >= 11 is 3.23. The molecule has 0 aromatic carbocycles. The number of ether oxygens (including phenoxy) is 1. The lowest BCUT2D eigenvalue weighted by molar-refractivity contribution is 0.0583. The zero-order chi connectivity index (χ0) is 16.3. The molecule has 0 bridgehead atoms. The second kappa shape index (κ2) is 6.78. The van der Waals surface area contributed by atoms with Crippen molar-refractivity contribution in [1.82, 2.24) is 9.71 Å². The number of aromatic hydroxyl groups is 1. The Morgan fingerprint density at radius 1 is 1.50 bits per heavy atom. The fraction of sp³-hybridized carbons (Fsp3) is 0.357. The highest BCUT2D eigenvalue weighted by molar-refractivity contribution is 9.10. The van der Waals surface area contributed by atoms with Gasteiger partial charge in [0, 0.05) is 10.7 Å². The van der Waals surface area contributed by atoms with Crippen molar-refractivity contribution in [2.45, 2.75) is 19.8 Å². The summed E-state index contributed by atoms with van der Waals surface area (Å²) in [6.07, 6.45) is 3.09. The summed E-state index contributed by atoms with van der Waals surface area (Å²) in [5.41, 5.74) is -1.15. The topological polar surface area (TPSA) is 90.7 Å². The first-order chi connectivity index (χ1) is 10.5. The molecule has 0 aliphatic rings. The fourth-order valence-electron chi connectivity index (χ4n) is 1.91. The van der Waals surface area contributed by atoms with Gasteiger partial charge in [0.25, 0.3) is 0 Å². The number of nitrogens with zero attached hydrogens (tertiary/aromatic N) is 2. The van der Waals surface area contributed by atoms with Crippen molar-refractivity contribution in [3.05, 3.63) is 32.7 Å². The van der Waals surface area contributed by atoms with Gasteiger partial charge in [-0.3, -0.25) is 4.79 Å². The van der Waals surface area contributed by atoms with E-state index in [0.29, 0.717) is 4.47 Å². The summed E-state index contributed by atoms with van der Waals surface area (Å²) in [5.74, 6) is -1.41. The molecule has 0 radical (unpaired) electrons. The number of esters is 1. The molecule has 22 heavy (non-hydrogen) atoms. The van der Waals surface area contributed by atoms with Crippen LogP contribution in [0, 0.1) is 0 Å². The first-order valence-electron chi connectivity index (χ1n) is 6.66. The SMILES string of the molecule is CCCCOn1c(=O)c(C(=O)OC)c(O)c2cc(Br)cnc21. The molecule has 8 heteroatoms. The van der Waals surface area contributed by atoms with Crippen LogP contribution in [0.15, 0.2) is 21.5 Å². The summed E-state index contributed by atoms with van der Waals surface area (Å²) in [5, 5.41) is 10.4. The van der Waals surface area contributed by atoms with Crippen molar-refractivity contribution in [2.75, 3.05) is 13.7 Å². The van der Waals surface area contributed by atoms with Crippen LogP contribution in [0.5, 0.6) is 5.75 Å². The summed E-state index contributed by atoms with van der Waals surface area (Å²) in [6.45, 7) is 2.27. The first-order valence-corrected chi connectivity index (χ1v) is 7.45. The van der Waals surface area contributed by atoms with Gasteiger partial charge in [0.15, 0.2) is 11.2 Å². The van der Waals surface area contributed by atoms with Gasteiger partial charge in [-0.15, -0.1) is 4.73 Å². The van der Waals surface area contributed by atoms with Gasteiger partial charge in [0.05, 0.1) is 12.5 Å². The second-order valence-corrected chi connectivity index (χ2v) is 5.44. The molecule has 118 valence electrons. The number of aromatic nitrogens is 2. The molecule has 0 saturated heterocycles. The normalized spacial score (nSPS) is 10.7. The van der Waals surface area contributed by atoms with Gasteiger partial charge in [0.2, 0.25) is 0 Å². The van der Waals surface area contributed by atoms with E-state index in [-0.39, 0.29) is 17.6 Å². The number of rotatable bonds is 5. The van der Waals surface area contributed by atoms with Crippen LogP contribution >= 0.6 is 15.9 Å². The Balaban J connectivity index is 2.74. The molecule has 0 atom stereocenters. The molecule has 1 N–H and O–H groups in total. The molecular formula is C14H15BrN2O5. The Hall–Kier alpha value is -2.09. The van der Waals surface area contributed by atoms with Gasteiger partial charge in [-0.2, -0.15) is 0 Å². The molecule has 0 aliphatic carbocycles. The fourth-order valence-corrected chi connectivity index (χ4v) is 2.24. The lowest BCUT2D eigenvalue weighted by atomic mass is 10.2. The summed E-state index contributed by atoms with van der Waals surface area (Å²) in [7, 11) is 1.13. The van der Waals surface area contributed by atoms with E-state index < -0.39 is 22.8 Å². The highest BCUT2D eigenvalue weighted by atomic mass is 79.9. The number of methoxy groups -OCH3 is 1. The molecule has 0 saturated carbocycles. The van der Waals surface area contributed by atoms with E-state index in [9.17, 15) is 14.7 Å². The van der Waals surface area contributed by atoms with Crippen molar-refractivity contribution < 1.29 is 19.5 Å². The molecule has 7 nitrogen and oxygen atoms in total. The summed E-state index contributed by atoms with van der Waals surface area (Å²) in [6, 6.07) is 1.54.